The number of benzene rings is 1. The lowest BCUT2D eigenvalue weighted by Crippen LogP contribution is -2.31. The van der Waals surface area contributed by atoms with Gasteiger partial charge in [0.2, 0.25) is 0 Å². The zero-order valence-corrected chi connectivity index (χ0v) is 13.1. The Morgan fingerprint density at radius 2 is 2.24 bits per heavy atom. The molecule has 21 heavy (non-hydrogen) atoms. The Balaban J connectivity index is 1.85. The fraction of sp³-hybridized carbons (Fsp3) is 0.471. The first-order chi connectivity index (χ1) is 10.3. The van der Waals surface area contributed by atoms with Gasteiger partial charge in [0.15, 0.2) is 0 Å². The molecular weight excluding hydrogens is 284 g/mol. The third kappa shape index (κ3) is 3.30. The van der Waals surface area contributed by atoms with Gasteiger partial charge in [-0.25, -0.2) is 4.98 Å². The molecule has 0 N–H and O–H groups in total. The van der Waals surface area contributed by atoms with Crippen molar-refractivity contribution in [2.24, 2.45) is 5.92 Å². The van der Waals surface area contributed by atoms with Crippen LogP contribution in [0.5, 0.6) is 0 Å². The highest BCUT2D eigenvalue weighted by molar-refractivity contribution is 6.18. The summed E-state index contributed by atoms with van der Waals surface area (Å²) in [6, 6.07) is 10.3. The van der Waals surface area contributed by atoms with Gasteiger partial charge in [0, 0.05) is 31.5 Å². The van der Waals surface area contributed by atoms with Gasteiger partial charge in [0.25, 0.3) is 0 Å². The van der Waals surface area contributed by atoms with E-state index in [4.69, 9.17) is 21.3 Å². The summed E-state index contributed by atoms with van der Waals surface area (Å²) in [6.45, 7) is 2.75. The molecule has 0 radical (unpaired) electrons. The van der Waals surface area contributed by atoms with Gasteiger partial charge >= 0.3 is 0 Å². The Morgan fingerprint density at radius 3 is 3.00 bits per heavy atom. The molecule has 1 aromatic heterocycles. The molecule has 2 aromatic rings. The van der Waals surface area contributed by atoms with Crippen LogP contribution in [-0.4, -0.2) is 31.8 Å². The van der Waals surface area contributed by atoms with Crippen LogP contribution in [0.3, 0.4) is 0 Å². The second kappa shape index (κ2) is 6.63. The Bertz CT molecular complexity index is 611. The monoisotopic (exact) mass is 304 g/mol. The number of alkyl halides is 1. The summed E-state index contributed by atoms with van der Waals surface area (Å²) in [5, 5.41) is 1.14. The average Bonchev–Trinajstić information content (AvgIpc) is 2.54. The third-order valence-electron chi connectivity index (χ3n) is 4.11. The second-order valence-corrected chi connectivity index (χ2v) is 6.02. The summed E-state index contributed by atoms with van der Waals surface area (Å²) < 4.78 is 5.57. The van der Waals surface area contributed by atoms with Gasteiger partial charge in [-0.2, -0.15) is 0 Å². The minimum atomic E-state index is 0.510. The maximum atomic E-state index is 6.11. The van der Waals surface area contributed by atoms with E-state index in [-0.39, 0.29) is 0 Å². The molecule has 0 saturated carbocycles. The summed E-state index contributed by atoms with van der Waals surface area (Å²) in [4.78, 5) is 7.00. The molecule has 1 aromatic carbocycles. The molecule has 1 aliphatic rings. The molecule has 0 amide bonds. The number of nitrogens with zero attached hydrogens (tertiary/aromatic N) is 2. The van der Waals surface area contributed by atoms with Gasteiger partial charge in [0.05, 0.1) is 12.1 Å². The molecule has 3 nitrogen and oxygen atoms in total. The first-order valence-electron chi connectivity index (χ1n) is 7.51. The van der Waals surface area contributed by atoms with Gasteiger partial charge in [-0.15, -0.1) is 11.6 Å². The highest BCUT2D eigenvalue weighted by atomic mass is 35.5. The van der Waals surface area contributed by atoms with E-state index < -0.39 is 0 Å². The Morgan fingerprint density at radius 1 is 1.38 bits per heavy atom. The van der Waals surface area contributed by atoms with Crippen LogP contribution in [0.15, 0.2) is 30.3 Å². The highest BCUT2D eigenvalue weighted by Gasteiger charge is 2.17. The first-order valence-corrected chi connectivity index (χ1v) is 8.05. The van der Waals surface area contributed by atoms with Crippen molar-refractivity contribution in [2.45, 2.75) is 18.7 Å². The number of fused-ring (bicyclic) bond motifs is 1. The number of ether oxygens (including phenoxy) is 1. The molecule has 1 fully saturated rings. The molecule has 1 atom stereocenters. The number of aromatic nitrogens is 1. The van der Waals surface area contributed by atoms with Crippen molar-refractivity contribution in [3.05, 3.63) is 35.9 Å². The highest BCUT2D eigenvalue weighted by Crippen LogP contribution is 2.25. The van der Waals surface area contributed by atoms with Gasteiger partial charge < -0.3 is 9.64 Å². The molecular formula is C17H21ClN2O. The van der Waals surface area contributed by atoms with Crippen molar-refractivity contribution in [1.29, 1.82) is 0 Å². The van der Waals surface area contributed by atoms with Crippen LogP contribution < -0.4 is 4.90 Å². The standard InChI is InChI=1S/C17H21ClN2O/c1-20(11-13-5-4-8-21-12-13)17-9-14(10-18)15-6-2-3-7-16(15)19-17/h2-3,6-7,9,13H,4-5,8,10-12H2,1H3. The van der Waals surface area contributed by atoms with E-state index in [0.29, 0.717) is 11.8 Å². The average molecular weight is 305 g/mol. The third-order valence-corrected chi connectivity index (χ3v) is 4.40. The van der Waals surface area contributed by atoms with Crippen LogP contribution in [0.4, 0.5) is 5.82 Å². The normalized spacial score (nSPS) is 18.9. The lowest BCUT2D eigenvalue weighted by molar-refractivity contribution is 0.0576. The molecule has 1 aliphatic heterocycles. The van der Waals surface area contributed by atoms with E-state index >= 15 is 0 Å². The van der Waals surface area contributed by atoms with Crippen molar-refractivity contribution in [3.63, 3.8) is 0 Å². The zero-order valence-electron chi connectivity index (χ0n) is 12.4. The molecule has 0 spiro atoms. The lowest BCUT2D eigenvalue weighted by Gasteiger charge is -2.28. The number of pyridine rings is 1. The van der Waals surface area contributed by atoms with Crippen LogP contribution in [0.1, 0.15) is 18.4 Å². The van der Waals surface area contributed by atoms with Crippen LogP contribution in [0.2, 0.25) is 0 Å². The van der Waals surface area contributed by atoms with E-state index in [0.717, 1.165) is 48.5 Å². The van der Waals surface area contributed by atoms with Crippen LogP contribution in [0, 0.1) is 5.92 Å². The van der Waals surface area contributed by atoms with Crippen LogP contribution in [0.25, 0.3) is 10.9 Å². The molecule has 2 heterocycles. The number of para-hydroxylation sites is 1. The zero-order chi connectivity index (χ0) is 14.7. The molecule has 4 heteroatoms. The van der Waals surface area contributed by atoms with Crippen molar-refractivity contribution >= 4 is 28.3 Å². The van der Waals surface area contributed by atoms with E-state index in [1.807, 2.05) is 18.2 Å². The Labute approximate surface area is 130 Å². The summed E-state index contributed by atoms with van der Waals surface area (Å²) in [5.41, 5.74) is 2.15. The fourth-order valence-electron chi connectivity index (χ4n) is 2.97. The summed E-state index contributed by atoms with van der Waals surface area (Å²) >= 11 is 6.11. The van der Waals surface area contributed by atoms with Gasteiger partial charge in [-0.3, -0.25) is 0 Å². The van der Waals surface area contributed by atoms with Crippen molar-refractivity contribution in [3.8, 4) is 0 Å². The topological polar surface area (TPSA) is 25.4 Å². The SMILES string of the molecule is CN(CC1CCCOC1)c1cc(CCl)c2ccccc2n1. The van der Waals surface area contributed by atoms with E-state index in [9.17, 15) is 0 Å². The Hall–Kier alpha value is -1.32. The second-order valence-electron chi connectivity index (χ2n) is 5.75. The first kappa shape index (κ1) is 14.6. The summed E-state index contributed by atoms with van der Waals surface area (Å²) in [6.07, 6.45) is 2.40. The van der Waals surface area contributed by atoms with E-state index in [1.165, 1.54) is 6.42 Å². The lowest BCUT2D eigenvalue weighted by atomic mass is 10.0. The van der Waals surface area contributed by atoms with Crippen LogP contribution >= 0.6 is 11.6 Å². The molecule has 1 saturated heterocycles. The minimum absolute atomic E-state index is 0.510. The maximum Gasteiger partial charge on any atom is 0.129 e. The van der Waals surface area contributed by atoms with Crippen LogP contribution in [-0.2, 0) is 10.6 Å². The van der Waals surface area contributed by atoms with Crippen molar-refractivity contribution < 1.29 is 4.74 Å². The van der Waals surface area contributed by atoms with Crippen molar-refractivity contribution in [1.82, 2.24) is 4.98 Å². The Kier molecular flexibility index (Phi) is 4.61. The van der Waals surface area contributed by atoms with E-state index in [2.05, 4.69) is 24.1 Å². The predicted molar refractivity (Wildman–Crippen MR) is 88.1 cm³/mol. The smallest absolute Gasteiger partial charge is 0.129 e. The number of halogens is 1. The number of hydrogen-bond acceptors (Lipinski definition) is 3. The summed E-state index contributed by atoms with van der Waals surface area (Å²) in [5.74, 6) is 2.10. The quantitative estimate of drug-likeness (QED) is 0.803. The van der Waals surface area contributed by atoms with Gasteiger partial charge in [-0.05, 0) is 36.5 Å². The number of hydrogen-bond donors (Lipinski definition) is 0. The molecule has 1 unspecified atom stereocenters. The summed E-state index contributed by atoms with van der Waals surface area (Å²) in [7, 11) is 2.10. The van der Waals surface area contributed by atoms with Crippen molar-refractivity contribution in [2.75, 3.05) is 31.7 Å². The van der Waals surface area contributed by atoms with E-state index in [1.54, 1.807) is 0 Å². The molecule has 3 rings (SSSR count). The minimum Gasteiger partial charge on any atom is -0.381 e. The molecule has 0 bridgehead atoms. The van der Waals surface area contributed by atoms with Gasteiger partial charge in [-0.1, -0.05) is 18.2 Å². The predicted octanol–water partition coefficient (Wildman–Crippen LogP) is 3.84. The molecule has 0 aliphatic carbocycles. The molecule has 112 valence electrons. The largest absolute Gasteiger partial charge is 0.381 e. The number of anilines is 1. The van der Waals surface area contributed by atoms with Gasteiger partial charge in [0.1, 0.15) is 5.82 Å². The number of rotatable bonds is 4. The maximum absolute atomic E-state index is 6.11. The fourth-order valence-corrected chi connectivity index (χ4v) is 3.19.